The second-order valence-electron chi connectivity index (χ2n) is 14.9. The number of carbonyl (C=O) groups is 4. The molecule has 352 valence electrons. The van der Waals surface area contributed by atoms with Crippen molar-refractivity contribution < 1.29 is 33.8 Å². The Bertz CT molecular complexity index is 3260. The van der Waals surface area contributed by atoms with Crippen molar-refractivity contribution in [2.75, 3.05) is 13.1 Å². The van der Waals surface area contributed by atoms with Gasteiger partial charge >= 0.3 is 5.97 Å². The number of hydrogen-bond acceptors (Lipinski definition) is 13. The van der Waals surface area contributed by atoms with Gasteiger partial charge in [-0.2, -0.15) is 0 Å². The van der Waals surface area contributed by atoms with Crippen molar-refractivity contribution in [1.29, 1.82) is 0 Å². The Morgan fingerprint density at radius 1 is 0.750 bits per heavy atom. The Labute approximate surface area is 430 Å². The lowest BCUT2D eigenvalue weighted by molar-refractivity contribution is -0.131. The van der Waals surface area contributed by atoms with Crippen LogP contribution in [0.2, 0.25) is 20.4 Å². The average molecular weight is 1090 g/mol. The van der Waals surface area contributed by atoms with E-state index in [1.807, 2.05) is 63.8 Å². The van der Waals surface area contributed by atoms with Gasteiger partial charge in [-0.3, -0.25) is 23.2 Å². The molecule has 2 atom stereocenters. The summed E-state index contributed by atoms with van der Waals surface area (Å²) in [5, 5.41) is 16.9. The number of thiazole rings is 2. The van der Waals surface area contributed by atoms with Crippen LogP contribution in [-0.2, 0) is 22.4 Å². The number of nitrogens with two attached hydrogens (primary N) is 1. The fraction of sp³-hybridized carbons (Fsp3) is 0.174. The number of nitrogens with one attached hydrogen (secondary N) is 1. The first kappa shape index (κ1) is 50.8. The summed E-state index contributed by atoms with van der Waals surface area (Å²) in [6.45, 7) is 3.95. The summed E-state index contributed by atoms with van der Waals surface area (Å²) in [6, 6.07) is 15.4. The zero-order valence-corrected chi connectivity index (χ0v) is 42.6. The number of carbonyl (C=O) groups excluding carboxylic acids is 3. The quantitative estimate of drug-likeness (QED) is 0.0833. The van der Waals surface area contributed by atoms with Crippen LogP contribution >= 0.6 is 104 Å². The lowest BCUT2D eigenvalue weighted by atomic mass is 10.1. The SMILES string of the molecule is CC(=O)c1ccc(-c2cc(Cl)c3c(c2)CC(CN)O3)s1.CC(=O)c1ccc(-c2cc(Cl)c3c(c2)CC(CNC(=O)/C=C/c2c(Cl)nc4sccn24)O3)s1.Cl.O=C(O)/C=C/c1c(Cl)nc2sccn12. The molecule has 8 heterocycles. The van der Waals surface area contributed by atoms with Gasteiger partial charge < -0.3 is 25.6 Å². The summed E-state index contributed by atoms with van der Waals surface area (Å²) in [5.74, 6) is 0.254. The van der Waals surface area contributed by atoms with Crippen LogP contribution in [0.5, 0.6) is 11.5 Å². The molecule has 0 saturated heterocycles. The number of benzene rings is 2. The van der Waals surface area contributed by atoms with E-state index in [1.165, 1.54) is 57.5 Å². The van der Waals surface area contributed by atoms with Gasteiger partial charge in [0, 0.05) is 75.6 Å². The molecule has 2 unspecified atom stereocenters. The maximum Gasteiger partial charge on any atom is 0.328 e. The Morgan fingerprint density at radius 2 is 1.22 bits per heavy atom. The molecule has 1 amide bonds. The summed E-state index contributed by atoms with van der Waals surface area (Å²) in [5.41, 5.74) is 10.9. The van der Waals surface area contributed by atoms with Crippen molar-refractivity contribution in [3.63, 3.8) is 0 Å². The number of Topliss-reactive ketones (excluding diaryl/α,β-unsaturated/α-hetero) is 2. The molecule has 2 aliphatic rings. The molecular weight excluding hydrogens is 1050 g/mol. The van der Waals surface area contributed by atoms with E-state index in [0.29, 0.717) is 61.9 Å². The molecule has 6 aromatic heterocycles. The molecule has 0 bridgehead atoms. The number of imidazole rings is 2. The number of aromatic nitrogens is 4. The Kier molecular flexibility index (Phi) is 16.5. The third-order valence-electron chi connectivity index (χ3n) is 10.2. The van der Waals surface area contributed by atoms with Crippen molar-refractivity contribution >= 4 is 150 Å². The van der Waals surface area contributed by atoms with Gasteiger partial charge in [-0.15, -0.1) is 57.8 Å². The van der Waals surface area contributed by atoms with Gasteiger partial charge in [0.2, 0.25) is 5.91 Å². The Morgan fingerprint density at radius 3 is 1.68 bits per heavy atom. The Balaban J connectivity index is 0.000000166. The van der Waals surface area contributed by atoms with Crippen molar-refractivity contribution in [1.82, 2.24) is 24.1 Å². The smallest absolute Gasteiger partial charge is 0.328 e. The van der Waals surface area contributed by atoms with Crippen LogP contribution in [0.25, 0.3) is 43.0 Å². The van der Waals surface area contributed by atoms with Crippen molar-refractivity contribution in [3.8, 4) is 32.4 Å². The lowest BCUT2D eigenvalue weighted by Crippen LogP contribution is -2.33. The van der Waals surface area contributed by atoms with Gasteiger partial charge in [0.15, 0.2) is 31.8 Å². The van der Waals surface area contributed by atoms with E-state index in [1.54, 1.807) is 30.5 Å². The number of hydrogen-bond donors (Lipinski definition) is 3. The minimum absolute atomic E-state index is 0. The number of halogens is 5. The molecule has 22 heteroatoms. The van der Waals surface area contributed by atoms with Crippen molar-refractivity contribution in [3.05, 3.63) is 136 Å². The second kappa shape index (κ2) is 22.1. The number of carboxylic acid groups (broad SMARTS) is 1. The van der Waals surface area contributed by atoms with E-state index in [9.17, 15) is 19.2 Å². The fourth-order valence-corrected chi connectivity index (χ4v) is 11.5. The molecule has 68 heavy (non-hydrogen) atoms. The largest absolute Gasteiger partial charge is 0.487 e. The molecule has 0 aliphatic carbocycles. The average Bonchev–Trinajstić information content (AvgIpc) is 4.14. The summed E-state index contributed by atoms with van der Waals surface area (Å²) >= 11 is 30.6. The third kappa shape index (κ3) is 11.5. The monoisotopic (exact) mass is 1090 g/mol. The summed E-state index contributed by atoms with van der Waals surface area (Å²) in [4.78, 5) is 58.9. The van der Waals surface area contributed by atoms with Crippen molar-refractivity contribution in [2.24, 2.45) is 5.73 Å². The molecule has 0 fully saturated rings. The normalized spacial score (nSPS) is 14.7. The summed E-state index contributed by atoms with van der Waals surface area (Å²) in [6.07, 6.45) is 10.4. The minimum Gasteiger partial charge on any atom is -0.487 e. The molecule has 8 aromatic rings. The first-order valence-corrected chi connectivity index (χ1v) is 25.1. The molecule has 2 aromatic carbocycles. The molecule has 0 radical (unpaired) electrons. The number of ketones is 2. The number of thiophene rings is 2. The predicted octanol–water partition coefficient (Wildman–Crippen LogP) is 11.9. The van der Waals surface area contributed by atoms with Crippen LogP contribution in [0.1, 0.15) is 55.7 Å². The molecule has 0 spiro atoms. The van der Waals surface area contributed by atoms with Gasteiger partial charge in [0.25, 0.3) is 0 Å². The zero-order chi connectivity index (χ0) is 47.5. The van der Waals surface area contributed by atoms with E-state index in [0.717, 1.165) is 65.1 Å². The highest BCUT2D eigenvalue weighted by Crippen LogP contribution is 2.42. The molecule has 10 rings (SSSR count). The summed E-state index contributed by atoms with van der Waals surface area (Å²) in [7, 11) is 0. The zero-order valence-electron chi connectivity index (χ0n) is 35.5. The lowest BCUT2D eigenvalue weighted by Gasteiger charge is -2.11. The van der Waals surface area contributed by atoms with Crippen LogP contribution in [0, 0.1) is 0 Å². The van der Waals surface area contributed by atoms with E-state index in [-0.39, 0.29) is 42.1 Å². The van der Waals surface area contributed by atoms with Crippen molar-refractivity contribution in [2.45, 2.75) is 38.9 Å². The number of nitrogens with zero attached hydrogens (tertiary/aromatic N) is 4. The van der Waals surface area contributed by atoms with E-state index < -0.39 is 5.97 Å². The predicted molar refractivity (Wildman–Crippen MR) is 277 cm³/mol. The number of amides is 1. The number of carboxylic acids is 1. The van der Waals surface area contributed by atoms with Crippen LogP contribution < -0.4 is 20.5 Å². The van der Waals surface area contributed by atoms with Gasteiger partial charge in [0.05, 0.1) is 37.7 Å². The van der Waals surface area contributed by atoms with Gasteiger partial charge in [-0.25, -0.2) is 14.8 Å². The van der Waals surface area contributed by atoms with Crippen LogP contribution in [-0.4, -0.2) is 72.6 Å². The van der Waals surface area contributed by atoms with E-state index in [2.05, 4.69) is 21.4 Å². The van der Waals surface area contributed by atoms with Gasteiger partial charge in [0.1, 0.15) is 23.7 Å². The third-order valence-corrected chi connectivity index (χ3v) is 15.3. The van der Waals surface area contributed by atoms with E-state index in [4.69, 9.17) is 66.7 Å². The fourth-order valence-electron chi connectivity index (χ4n) is 7.10. The first-order valence-electron chi connectivity index (χ1n) is 20.1. The highest BCUT2D eigenvalue weighted by Gasteiger charge is 2.27. The van der Waals surface area contributed by atoms with Crippen LogP contribution in [0.4, 0.5) is 0 Å². The maximum absolute atomic E-state index is 12.3. The topological polar surface area (TPSA) is 180 Å². The highest BCUT2D eigenvalue weighted by atomic mass is 35.5. The molecular formula is C46H37Cl5N6O7S4. The van der Waals surface area contributed by atoms with E-state index >= 15 is 0 Å². The van der Waals surface area contributed by atoms with Gasteiger partial charge in [-0.1, -0.05) is 46.4 Å². The number of rotatable bonds is 11. The molecule has 4 N–H and O–H groups in total. The summed E-state index contributed by atoms with van der Waals surface area (Å²) < 4.78 is 15.3. The standard InChI is InChI=1S/C23H17Cl2N3O3S2.C15H14ClNO2S.C8H5ClN2O2S.ClH/c1-12(29)18-3-4-19(33-18)13-8-14-9-15(31-21(14)16(24)10-13)11-26-20(30)5-2-17-22(25)27-23-28(17)6-7-32-23;1-8(18)13-2-3-14(20-13)9-4-10-5-11(7-17)19-15(10)12(16)6-9;9-7-5(1-2-6(12)13)11-3-4-14-8(11)10-7;/h2-8,10,15H,9,11H2,1H3,(H,26,30);2-4,6,11H,5,7,17H2,1H3;1-4H,(H,12,13);1H/b5-2+;;2-1+;. The minimum atomic E-state index is -1.01. The van der Waals surface area contributed by atoms with Crippen LogP contribution in [0.3, 0.4) is 0 Å². The maximum atomic E-state index is 12.3. The number of fused-ring (bicyclic) bond motifs is 4. The Hall–Kier alpha value is -5.05. The van der Waals surface area contributed by atoms with Gasteiger partial charge in [-0.05, 0) is 85.7 Å². The molecule has 0 saturated carbocycles. The molecule has 13 nitrogen and oxygen atoms in total. The van der Waals surface area contributed by atoms with Crippen LogP contribution in [0.15, 0.2) is 83.8 Å². The first-order chi connectivity index (χ1) is 32.1. The second-order valence-corrected chi connectivity index (χ2v) is 20.3. The highest BCUT2D eigenvalue weighted by molar-refractivity contribution is 7.18. The molecule has 2 aliphatic heterocycles. The number of ether oxygens (including phenoxy) is 2. The number of aliphatic carboxylic acids is 1.